The van der Waals surface area contributed by atoms with Gasteiger partial charge in [0.05, 0.1) is 0 Å². The van der Waals surface area contributed by atoms with Crippen LogP contribution in [0, 0.1) is 11.6 Å². The molecule has 2 nitrogen and oxygen atoms in total. The molecule has 6 heteroatoms. The average Bonchev–Trinajstić information content (AvgIpc) is 2.82. The number of fused-ring (bicyclic) bond motifs is 1. The Balaban J connectivity index is 2.13. The summed E-state index contributed by atoms with van der Waals surface area (Å²) in [5.74, 6) is -1.07. The van der Waals surface area contributed by atoms with Crippen molar-refractivity contribution in [1.29, 1.82) is 0 Å². The van der Waals surface area contributed by atoms with Crippen LogP contribution in [0.4, 0.5) is 8.78 Å². The highest BCUT2D eigenvalue weighted by Gasteiger charge is 2.28. The van der Waals surface area contributed by atoms with E-state index in [1.807, 2.05) is 11.9 Å². The minimum atomic E-state index is -1.34. The molecular formula is C16H13BrClF2NO. The van der Waals surface area contributed by atoms with E-state index in [9.17, 15) is 13.9 Å². The molecule has 1 N–H and O–H groups in total. The number of halogens is 4. The zero-order valence-corrected chi connectivity index (χ0v) is 14.0. The first-order valence-corrected chi connectivity index (χ1v) is 7.86. The van der Waals surface area contributed by atoms with Gasteiger partial charge in [0.2, 0.25) is 0 Å². The van der Waals surface area contributed by atoms with Crippen LogP contribution in [0.3, 0.4) is 0 Å². The molecule has 3 rings (SSSR count). The van der Waals surface area contributed by atoms with Crippen molar-refractivity contribution in [2.75, 3.05) is 7.05 Å². The number of nitrogens with zero attached hydrogens (tertiary/aromatic N) is 1. The molecule has 2 aromatic rings. The lowest BCUT2D eigenvalue weighted by molar-refractivity contribution is 0.213. The van der Waals surface area contributed by atoms with Crippen LogP contribution in [0.25, 0.3) is 0 Å². The molecule has 0 saturated heterocycles. The van der Waals surface area contributed by atoms with Crippen LogP contribution >= 0.6 is 27.5 Å². The molecule has 22 heavy (non-hydrogen) atoms. The minimum absolute atomic E-state index is 0.0848. The van der Waals surface area contributed by atoms with Crippen LogP contribution in [0.5, 0.6) is 0 Å². The van der Waals surface area contributed by atoms with Crippen molar-refractivity contribution < 1.29 is 13.9 Å². The Morgan fingerprint density at radius 2 is 2.00 bits per heavy atom. The van der Waals surface area contributed by atoms with Crippen LogP contribution < -0.4 is 0 Å². The summed E-state index contributed by atoms with van der Waals surface area (Å²) in [6.45, 7) is 1.31. The first kappa shape index (κ1) is 15.9. The molecule has 0 spiro atoms. The summed E-state index contributed by atoms with van der Waals surface area (Å²) in [6.07, 6.45) is -1.34. The van der Waals surface area contributed by atoms with E-state index in [1.165, 1.54) is 18.2 Å². The highest BCUT2D eigenvalue weighted by atomic mass is 79.9. The zero-order chi connectivity index (χ0) is 16.0. The summed E-state index contributed by atoms with van der Waals surface area (Å²) in [4.78, 5) is 2.04. The second kappa shape index (κ2) is 5.89. The minimum Gasteiger partial charge on any atom is -0.383 e. The summed E-state index contributed by atoms with van der Waals surface area (Å²) in [6, 6.07) is 5.09. The maximum absolute atomic E-state index is 14.5. The molecule has 1 atom stereocenters. The molecule has 1 aliphatic rings. The van der Waals surface area contributed by atoms with Gasteiger partial charge < -0.3 is 5.11 Å². The third-order valence-corrected chi connectivity index (χ3v) is 5.09. The third-order valence-electron chi connectivity index (χ3n) is 3.84. The van der Waals surface area contributed by atoms with Gasteiger partial charge in [0.1, 0.15) is 17.7 Å². The fourth-order valence-electron chi connectivity index (χ4n) is 2.79. The largest absolute Gasteiger partial charge is 0.383 e. The van der Waals surface area contributed by atoms with E-state index in [-0.39, 0.29) is 16.1 Å². The van der Waals surface area contributed by atoms with Crippen molar-refractivity contribution in [2.24, 2.45) is 0 Å². The number of hydrogen-bond donors (Lipinski definition) is 1. The molecule has 2 aromatic carbocycles. The van der Waals surface area contributed by atoms with Gasteiger partial charge in [-0.25, -0.2) is 8.78 Å². The lowest BCUT2D eigenvalue weighted by atomic mass is 9.97. The van der Waals surface area contributed by atoms with Crippen LogP contribution in [0.15, 0.2) is 28.7 Å². The SMILES string of the molecule is CN1Cc2cc(F)c(C(O)c3cc(F)ccc3Cl)c(Br)c2C1. The van der Waals surface area contributed by atoms with E-state index in [4.69, 9.17) is 11.6 Å². The second-order valence-corrected chi connectivity index (χ2v) is 6.66. The molecule has 0 amide bonds. The van der Waals surface area contributed by atoms with Gasteiger partial charge in [0, 0.05) is 33.7 Å². The third kappa shape index (κ3) is 2.67. The Labute approximate surface area is 140 Å². The number of benzene rings is 2. The zero-order valence-electron chi connectivity index (χ0n) is 11.7. The maximum atomic E-state index is 14.5. The summed E-state index contributed by atoms with van der Waals surface area (Å²) >= 11 is 9.40. The number of aliphatic hydroxyl groups excluding tert-OH is 1. The number of rotatable bonds is 2. The Bertz CT molecular complexity index is 753. The molecule has 0 bridgehead atoms. The fraction of sp³-hybridized carbons (Fsp3) is 0.250. The molecule has 0 fully saturated rings. The van der Waals surface area contributed by atoms with Crippen molar-refractivity contribution in [3.63, 3.8) is 0 Å². The Morgan fingerprint density at radius 3 is 2.73 bits per heavy atom. The molecule has 1 aliphatic heterocycles. The second-order valence-electron chi connectivity index (χ2n) is 5.46. The van der Waals surface area contributed by atoms with Gasteiger partial charge in [-0.05, 0) is 58.4 Å². The van der Waals surface area contributed by atoms with Crippen molar-refractivity contribution in [3.05, 3.63) is 67.6 Å². The number of aliphatic hydroxyl groups is 1. The molecule has 0 aromatic heterocycles. The molecule has 1 heterocycles. The summed E-state index contributed by atoms with van der Waals surface area (Å²) in [5.41, 5.74) is 2.05. The molecular weight excluding hydrogens is 376 g/mol. The molecule has 1 unspecified atom stereocenters. The molecule has 116 valence electrons. The summed E-state index contributed by atoms with van der Waals surface area (Å²) in [5, 5.41) is 10.7. The van der Waals surface area contributed by atoms with E-state index < -0.39 is 17.7 Å². The molecule has 0 radical (unpaired) electrons. The summed E-state index contributed by atoms with van der Waals surface area (Å²) < 4.78 is 28.4. The van der Waals surface area contributed by atoms with E-state index in [0.29, 0.717) is 17.6 Å². The van der Waals surface area contributed by atoms with Crippen molar-refractivity contribution in [2.45, 2.75) is 19.2 Å². The smallest absolute Gasteiger partial charge is 0.130 e. The van der Waals surface area contributed by atoms with Gasteiger partial charge in [-0.2, -0.15) is 0 Å². The van der Waals surface area contributed by atoms with Crippen molar-refractivity contribution in [1.82, 2.24) is 4.90 Å². The normalized spacial score (nSPS) is 15.9. The van der Waals surface area contributed by atoms with Gasteiger partial charge in [-0.1, -0.05) is 11.6 Å². The van der Waals surface area contributed by atoms with Gasteiger partial charge in [-0.3, -0.25) is 4.90 Å². The van der Waals surface area contributed by atoms with Gasteiger partial charge in [-0.15, -0.1) is 0 Å². The Hall–Kier alpha value is -1.01. The van der Waals surface area contributed by atoms with E-state index in [0.717, 1.165) is 17.2 Å². The maximum Gasteiger partial charge on any atom is 0.130 e. The van der Waals surface area contributed by atoms with Crippen molar-refractivity contribution in [3.8, 4) is 0 Å². The van der Waals surface area contributed by atoms with Crippen LogP contribution in [0.2, 0.25) is 5.02 Å². The topological polar surface area (TPSA) is 23.5 Å². The van der Waals surface area contributed by atoms with Crippen LogP contribution in [-0.4, -0.2) is 17.1 Å². The van der Waals surface area contributed by atoms with Gasteiger partial charge in [0.15, 0.2) is 0 Å². The Morgan fingerprint density at radius 1 is 1.27 bits per heavy atom. The quantitative estimate of drug-likeness (QED) is 0.824. The number of hydrogen-bond acceptors (Lipinski definition) is 2. The van der Waals surface area contributed by atoms with E-state index >= 15 is 0 Å². The monoisotopic (exact) mass is 387 g/mol. The molecule has 0 saturated carbocycles. The first-order chi connectivity index (χ1) is 10.4. The average molecular weight is 389 g/mol. The van der Waals surface area contributed by atoms with Crippen LogP contribution in [-0.2, 0) is 13.1 Å². The predicted molar refractivity (Wildman–Crippen MR) is 84.7 cm³/mol. The summed E-state index contributed by atoms with van der Waals surface area (Å²) in [7, 11) is 1.93. The van der Waals surface area contributed by atoms with Crippen molar-refractivity contribution >= 4 is 27.5 Å². The Kier molecular flexibility index (Phi) is 4.25. The highest BCUT2D eigenvalue weighted by molar-refractivity contribution is 9.10. The van der Waals surface area contributed by atoms with E-state index in [1.54, 1.807) is 0 Å². The molecule has 0 aliphatic carbocycles. The van der Waals surface area contributed by atoms with Crippen LogP contribution in [0.1, 0.15) is 28.4 Å². The fourth-order valence-corrected chi connectivity index (χ4v) is 3.79. The lowest BCUT2D eigenvalue weighted by Gasteiger charge is -2.18. The lowest BCUT2D eigenvalue weighted by Crippen LogP contribution is -2.08. The van der Waals surface area contributed by atoms with Gasteiger partial charge >= 0.3 is 0 Å². The van der Waals surface area contributed by atoms with E-state index in [2.05, 4.69) is 15.9 Å². The standard InChI is InChI=1S/C16H13BrClF2NO/c1-21-6-8-4-13(20)14(15(17)11(8)7-21)16(22)10-5-9(19)2-3-12(10)18/h2-5,16,22H,6-7H2,1H3. The predicted octanol–water partition coefficient (Wildman–Crippen LogP) is 4.41. The highest BCUT2D eigenvalue weighted by Crippen LogP contribution is 2.39. The van der Waals surface area contributed by atoms with Gasteiger partial charge in [0.25, 0.3) is 0 Å². The first-order valence-electron chi connectivity index (χ1n) is 6.69.